The second-order valence-electron chi connectivity index (χ2n) is 11.1. The Bertz CT molecular complexity index is 535. The Labute approximate surface area is 219 Å². The first-order chi connectivity index (χ1) is 16.0. The predicted molar refractivity (Wildman–Crippen MR) is 144 cm³/mol. The maximum atomic E-state index is 9.71. The number of hydrogen-bond acceptors (Lipinski definition) is 1. The van der Waals surface area contributed by atoms with Crippen LogP contribution in [0.25, 0.3) is 0 Å². The minimum Gasteiger partial charge on any atom is -1.00 e. The molecule has 0 spiro atoms. The summed E-state index contributed by atoms with van der Waals surface area (Å²) < 4.78 is 2.29. The lowest BCUT2D eigenvalue weighted by Gasteiger charge is -2.33. The molecule has 0 bridgehead atoms. The number of nitrogens with zero attached hydrogens (tertiary/aromatic N) is 1. The van der Waals surface area contributed by atoms with Gasteiger partial charge in [-0.15, -0.1) is 0 Å². The fraction of sp³-hybridized carbons (Fsp3) is 0.839. The normalized spacial score (nSPS) is 19.9. The highest BCUT2D eigenvalue weighted by molar-refractivity contribution is 4.83. The van der Waals surface area contributed by atoms with Crippen molar-refractivity contribution in [1.29, 1.82) is 0 Å². The van der Waals surface area contributed by atoms with Crippen LogP contribution in [0, 0.1) is 17.8 Å². The van der Waals surface area contributed by atoms with Crippen LogP contribution in [0.4, 0.5) is 0 Å². The first kappa shape index (κ1) is 33.4. The highest BCUT2D eigenvalue weighted by Crippen LogP contribution is 2.33. The number of pyridine rings is 1. The molecule has 0 radical (unpaired) electrons. The van der Waals surface area contributed by atoms with E-state index in [9.17, 15) is 5.11 Å². The molecule has 1 aromatic heterocycles. The molecule has 0 saturated heterocycles. The zero-order valence-electron chi connectivity index (χ0n) is 23.2. The van der Waals surface area contributed by atoms with Crippen LogP contribution in [0.1, 0.15) is 137 Å². The largest absolute Gasteiger partial charge is 1.00 e. The third-order valence-corrected chi connectivity index (χ3v) is 7.53. The van der Waals surface area contributed by atoms with E-state index in [1.807, 2.05) is 0 Å². The number of aryl methyl sites for hydroxylation is 1. The number of hydrogen-bond donors (Lipinski definition) is 1. The number of halogens is 1. The van der Waals surface area contributed by atoms with Gasteiger partial charge in [-0.1, -0.05) is 117 Å². The molecule has 3 atom stereocenters. The zero-order chi connectivity index (χ0) is 24.2. The van der Waals surface area contributed by atoms with Crippen LogP contribution in [0.3, 0.4) is 0 Å². The molecule has 1 fully saturated rings. The van der Waals surface area contributed by atoms with Gasteiger partial charge in [0.1, 0.15) is 6.54 Å². The summed E-state index contributed by atoms with van der Waals surface area (Å²) in [6.45, 7) is 10.1. The summed E-state index contributed by atoms with van der Waals surface area (Å²) in [5.41, 5.74) is 0. The van der Waals surface area contributed by atoms with E-state index in [1.54, 1.807) is 0 Å². The van der Waals surface area contributed by atoms with Crippen molar-refractivity contribution in [3.63, 3.8) is 0 Å². The molecule has 0 amide bonds. The van der Waals surface area contributed by atoms with Crippen LogP contribution in [0.5, 0.6) is 0 Å². The topological polar surface area (TPSA) is 24.1 Å². The van der Waals surface area contributed by atoms with Gasteiger partial charge < -0.3 is 17.5 Å². The Morgan fingerprint density at radius 3 is 1.65 bits per heavy atom. The molecule has 1 saturated carbocycles. The molecule has 1 N–H and O–H groups in total. The molecule has 2 nitrogen and oxygen atoms in total. The summed E-state index contributed by atoms with van der Waals surface area (Å²) in [7, 11) is 0. The summed E-state index contributed by atoms with van der Waals surface area (Å²) in [5.74, 6) is 1.95. The number of unbranched alkanes of at least 4 members (excludes halogenated alkanes) is 13. The van der Waals surface area contributed by atoms with E-state index in [0.29, 0.717) is 11.8 Å². The van der Waals surface area contributed by atoms with E-state index < -0.39 is 0 Å². The predicted octanol–water partition coefficient (Wildman–Crippen LogP) is 5.90. The molecular formula is C31H58ClNO. The van der Waals surface area contributed by atoms with Gasteiger partial charge in [-0.2, -0.15) is 0 Å². The van der Waals surface area contributed by atoms with Crippen LogP contribution in [-0.4, -0.2) is 11.2 Å². The fourth-order valence-electron chi connectivity index (χ4n) is 5.22. The lowest BCUT2D eigenvalue weighted by molar-refractivity contribution is -0.697. The zero-order valence-corrected chi connectivity index (χ0v) is 24.0. The summed E-state index contributed by atoms with van der Waals surface area (Å²) >= 11 is 0. The van der Waals surface area contributed by atoms with Crippen molar-refractivity contribution in [3.8, 4) is 0 Å². The van der Waals surface area contributed by atoms with Crippen molar-refractivity contribution < 1.29 is 22.1 Å². The minimum atomic E-state index is -0.0289. The average Bonchev–Trinajstić information content (AvgIpc) is 2.80. The smallest absolute Gasteiger partial charge is 0.168 e. The van der Waals surface area contributed by atoms with Gasteiger partial charge in [0.25, 0.3) is 0 Å². The van der Waals surface area contributed by atoms with E-state index in [1.165, 1.54) is 109 Å². The van der Waals surface area contributed by atoms with E-state index in [0.717, 1.165) is 12.3 Å². The summed E-state index contributed by atoms with van der Waals surface area (Å²) in [6, 6.07) is 6.31. The van der Waals surface area contributed by atoms with E-state index in [4.69, 9.17) is 0 Å². The van der Waals surface area contributed by atoms with Crippen LogP contribution < -0.4 is 17.0 Å². The fourth-order valence-corrected chi connectivity index (χ4v) is 5.22. The number of aromatic nitrogens is 1. The maximum absolute atomic E-state index is 9.71. The van der Waals surface area contributed by atoms with Gasteiger partial charge in [0.15, 0.2) is 12.4 Å². The van der Waals surface area contributed by atoms with E-state index in [-0.39, 0.29) is 18.5 Å². The van der Waals surface area contributed by atoms with Gasteiger partial charge in [0.05, 0.1) is 6.10 Å². The monoisotopic (exact) mass is 495 g/mol. The molecule has 34 heavy (non-hydrogen) atoms. The Kier molecular flexibility index (Phi) is 22.4. The van der Waals surface area contributed by atoms with E-state index in [2.05, 4.69) is 62.9 Å². The average molecular weight is 496 g/mol. The molecule has 1 aliphatic rings. The molecule has 3 unspecified atom stereocenters. The van der Waals surface area contributed by atoms with Gasteiger partial charge in [-0.3, -0.25) is 0 Å². The minimum absolute atomic E-state index is 0. The SMILES string of the molecule is CC1CCC(C(C)C)C(O)C1.CCCCCCCCCCCCCCCC[n+]1ccccc1.[Cl-]. The molecule has 0 aromatic carbocycles. The molecule has 0 aliphatic heterocycles. The van der Waals surface area contributed by atoms with Crippen LogP contribution in [0.2, 0.25) is 0 Å². The van der Waals surface area contributed by atoms with Gasteiger partial charge in [-0.05, 0) is 37.0 Å². The summed E-state index contributed by atoms with van der Waals surface area (Å²) in [6.07, 6.45) is 27.9. The van der Waals surface area contributed by atoms with Crippen molar-refractivity contribution >= 4 is 0 Å². The Balaban J connectivity index is 0.000000763. The number of aliphatic hydroxyl groups is 1. The second-order valence-corrected chi connectivity index (χ2v) is 11.1. The molecular weight excluding hydrogens is 438 g/mol. The van der Waals surface area contributed by atoms with Gasteiger partial charge in [0.2, 0.25) is 0 Å². The first-order valence-corrected chi connectivity index (χ1v) is 14.7. The van der Waals surface area contributed by atoms with Crippen molar-refractivity contribution in [1.82, 2.24) is 0 Å². The molecule has 1 aromatic rings. The van der Waals surface area contributed by atoms with Crippen LogP contribution >= 0.6 is 0 Å². The Hall–Kier alpha value is -0.600. The van der Waals surface area contributed by atoms with Crippen molar-refractivity contribution in [3.05, 3.63) is 30.6 Å². The third kappa shape index (κ3) is 17.8. The lowest BCUT2D eigenvalue weighted by atomic mass is 9.75. The number of aliphatic hydroxyl groups excluding tert-OH is 1. The van der Waals surface area contributed by atoms with Gasteiger partial charge >= 0.3 is 0 Å². The van der Waals surface area contributed by atoms with Gasteiger partial charge in [0, 0.05) is 18.6 Å². The molecule has 2 rings (SSSR count). The van der Waals surface area contributed by atoms with E-state index >= 15 is 0 Å². The molecule has 3 heteroatoms. The lowest BCUT2D eigenvalue weighted by Crippen LogP contribution is -3.00. The molecule has 200 valence electrons. The van der Waals surface area contributed by atoms with Gasteiger partial charge in [-0.25, -0.2) is 4.57 Å². The quantitative estimate of drug-likeness (QED) is 0.224. The summed E-state index contributed by atoms with van der Waals surface area (Å²) in [5, 5.41) is 9.71. The highest BCUT2D eigenvalue weighted by Gasteiger charge is 2.28. The van der Waals surface area contributed by atoms with Crippen molar-refractivity contribution in [2.45, 2.75) is 149 Å². The van der Waals surface area contributed by atoms with Crippen LogP contribution in [0.15, 0.2) is 30.6 Å². The van der Waals surface area contributed by atoms with Crippen molar-refractivity contribution in [2.75, 3.05) is 0 Å². The molecule has 1 aliphatic carbocycles. The Morgan fingerprint density at radius 2 is 1.21 bits per heavy atom. The first-order valence-electron chi connectivity index (χ1n) is 14.7. The highest BCUT2D eigenvalue weighted by atomic mass is 35.5. The van der Waals surface area contributed by atoms with Crippen LogP contribution in [-0.2, 0) is 6.54 Å². The standard InChI is InChI=1S/C21H38N.C10H20O.ClH/c1-2-3-4-5-6-7-8-9-10-11-12-13-14-16-19-22-20-17-15-18-21-22;1-7(2)9-5-4-8(3)6-10(9)11;/h15,17-18,20-21H,2-14,16,19H2,1H3;7-11H,4-6H2,1-3H3;1H/q+1;;/p-1. The summed E-state index contributed by atoms with van der Waals surface area (Å²) in [4.78, 5) is 0. The number of rotatable bonds is 16. The second kappa shape index (κ2) is 22.8. The van der Waals surface area contributed by atoms with Crippen molar-refractivity contribution in [2.24, 2.45) is 17.8 Å². The maximum Gasteiger partial charge on any atom is 0.168 e. The third-order valence-electron chi connectivity index (χ3n) is 7.53. The Morgan fingerprint density at radius 1 is 0.735 bits per heavy atom. The molecule has 1 heterocycles.